The number of aromatic carboxylic acids is 2. The third-order valence-corrected chi connectivity index (χ3v) is 2.67. The highest BCUT2D eigenvalue weighted by Gasteiger charge is 2.10. The average Bonchev–Trinajstić information content (AvgIpc) is 2.50. The van der Waals surface area contributed by atoms with Gasteiger partial charge in [0.25, 0.3) is 0 Å². The zero-order valence-electron chi connectivity index (χ0n) is 12.3. The first-order valence-electron chi connectivity index (χ1n) is 6.58. The molecule has 22 heavy (non-hydrogen) atoms. The minimum Gasteiger partial charge on any atom is -0.478 e. The summed E-state index contributed by atoms with van der Waals surface area (Å²) in [6.07, 6.45) is 0. The summed E-state index contributed by atoms with van der Waals surface area (Å²) in [6.45, 7) is 6.18. The van der Waals surface area contributed by atoms with Crippen molar-refractivity contribution in [1.82, 2.24) is 10.6 Å². The van der Waals surface area contributed by atoms with E-state index in [0.29, 0.717) is 5.56 Å². The molecule has 0 unspecified atom stereocenters. The van der Waals surface area contributed by atoms with E-state index < -0.39 is 11.9 Å². The van der Waals surface area contributed by atoms with E-state index in [-0.39, 0.29) is 11.1 Å². The van der Waals surface area contributed by atoms with E-state index in [9.17, 15) is 9.59 Å². The zero-order valence-corrected chi connectivity index (χ0v) is 13.2. The molecule has 0 saturated carbocycles. The predicted molar refractivity (Wildman–Crippen MR) is 88.7 cm³/mol. The number of carboxylic acids is 2. The number of benzene rings is 1. The maximum atomic E-state index is 10.6. The van der Waals surface area contributed by atoms with Gasteiger partial charge < -0.3 is 26.6 Å². The molecular formula is C14H21N3O4S. The fourth-order valence-corrected chi connectivity index (χ4v) is 1.59. The van der Waals surface area contributed by atoms with E-state index in [2.05, 4.69) is 28.6 Å². The van der Waals surface area contributed by atoms with E-state index >= 15 is 0 Å². The average molecular weight is 327 g/mol. The highest BCUT2D eigenvalue weighted by Crippen LogP contribution is 2.11. The highest BCUT2D eigenvalue weighted by atomic mass is 32.1. The van der Waals surface area contributed by atoms with E-state index in [1.807, 2.05) is 0 Å². The van der Waals surface area contributed by atoms with Gasteiger partial charge >= 0.3 is 11.9 Å². The van der Waals surface area contributed by atoms with Crippen molar-refractivity contribution < 1.29 is 19.8 Å². The van der Waals surface area contributed by atoms with Crippen LogP contribution in [0.1, 0.15) is 26.3 Å². The van der Waals surface area contributed by atoms with Crippen molar-refractivity contribution in [3.63, 3.8) is 0 Å². The van der Waals surface area contributed by atoms with Crippen LogP contribution in [0.3, 0.4) is 0 Å². The number of carbonyl (C=O) groups is 2. The van der Waals surface area contributed by atoms with Gasteiger partial charge in [-0.1, -0.05) is 18.3 Å². The molecule has 2 rings (SSSR count). The molecule has 1 heterocycles. The maximum absolute atomic E-state index is 10.6. The minimum absolute atomic E-state index is 0.0111. The molecule has 8 heteroatoms. The first-order chi connectivity index (χ1) is 10.4. The lowest BCUT2D eigenvalue weighted by Crippen LogP contribution is -2.39. The van der Waals surface area contributed by atoms with Gasteiger partial charge in [0.1, 0.15) is 0 Å². The number of hydrogen-bond donors (Lipinski definition) is 5. The van der Waals surface area contributed by atoms with Gasteiger partial charge in [-0.2, -0.15) is 0 Å². The number of rotatable bonds is 2. The summed E-state index contributed by atoms with van der Waals surface area (Å²) in [5, 5.41) is 23.7. The Balaban J connectivity index is 0.000000404. The molecule has 0 spiro atoms. The number of aryl methyl sites for hydroxylation is 1. The molecule has 1 aliphatic heterocycles. The van der Waals surface area contributed by atoms with Crippen LogP contribution in [-0.2, 0) is 0 Å². The van der Waals surface area contributed by atoms with Gasteiger partial charge in [-0.15, -0.1) is 0 Å². The van der Waals surface area contributed by atoms with Crippen LogP contribution in [0.2, 0.25) is 0 Å². The van der Waals surface area contributed by atoms with Crippen LogP contribution < -0.4 is 16.4 Å². The third-order valence-electron chi connectivity index (χ3n) is 2.67. The number of carboxylic acid groups (broad SMARTS) is 2. The molecule has 0 aromatic heterocycles. The molecule has 1 aromatic carbocycles. The molecule has 0 atom stereocenters. The zero-order chi connectivity index (χ0) is 17.0. The summed E-state index contributed by atoms with van der Waals surface area (Å²) < 4.78 is 0. The molecule has 122 valence electrons. The van der Waals surface area contributed by atoms with E-state index in [1.165, 1.54) is 12.1 Å². The Kier molecular flexibility index (Phi) is 10.5. The van der Waals surface area contributed by atoms with Gasteiger partial charge in [0.05, 0.1) is 16.6 Å². The summed E-state index contributed by atoms with van der Waals surface area (Å²) in [6, 6.07) is 4.01. The monoisotopic (exact) mass is 327 g/mol. The van der Waals surface area contributed by atoms with Crippen LogP contribution >= 0.6 is 12.2 Å². The largest absolute Gasteiger partial charge is 0.478 e. The molecule has 6 N–H and O–H groups in total. The van der Waals surface area contributed by atoms with Crippen LogP contribution in [0.4, 0.5) is 0 Å². The van der Waals surface area contributed by atoms with E-state index in [4.69, 9.17) is 10.2 Å². The molecule has 1 saturated heterocycles. The molecule has 1 aromatic rings. The lowest BCUT2D eigenvalue weighted by Gasteiger charge is -2.11. The Morgan fingerprint density at radius 3 is 1.91 bits per heavy atom. The van der Waals surface area contributed by atoms with Gasteiger partial charge in [0, 0.05) is 26.2 Å². The molecule has 0 radical (unpaired) electrons. The Morgan fingerprint density at radius 1 is 1.14 bits per heavy atom. The van der Waals surface area contributed by atoms with Gasteiger partial charge in [-0.25, -0.2) is 9.59 Å². The number of thiocarbonyl (C=S) groups is 1. The van der Waals surface area contributed by atoms with Crippen molar-refractivity contribution in [3.05, 3.63) is 34.9 Å². The Bertz CT molecular complexity index is 493. The maximum Gasteiger partial charge on any atom is 0.335 e. The molecule has 1 fully saturated rings. The molecule has 0 amide bonds. The first-order valence-corrected chi connectivity index (χ1v) is 7.05. The van der Waals surface area contributed by atoms with Gasteiger partial charge in [0.15, 0.2) is 0 Å². The number of hydrogen-bond acceptors (Lipinski definition) is 5. The van der Waals surface area contributed by atoms with Crippen molar-refractivity contribution in [2.75, 3.05) is 26.2 Å². The normalized spacial score (nSPS) is 12.8. The predicted octanol–water partition coefficient (Wildman–Crippen LogP) is 0.473. The summed E-state index contributed by atoms with van der Waals surface area (Å²) in [5.41, 5.74) is 6.19. The van der Waals surface area contributed by atoms with Crippen LogP contribution in [0.25, 0.3) is 0 Å². The summed E-state index contributed by atoms with van der Waals surface area (Å²) in [4.78, 5) is 21.1. The summed E-state index contributed by atoms with van der Waals surface area (Å²) >= 11 is 4.05. The van der Waals surface area contributed by atoms with Crippen LogP contribution in [-0.4, -0.2) is 53.8 Å². The molecule has 0 bridgehead atoms. The summed E-state index contributed by atoms with van der Waals surface area (Å²) in [7, 11) is 0. The first kappa shape index (κ1) is 20.0. The van der Waals surface area contributed by atoms with Crippen molar-refractivity contribution >= 4 is 29.6 Å². The molecular weight excluding hydrogens is 306 g/mol. The van der Waals surface area contributed by atoms with Gasteiger partial charge in [0.2, 0.25) is 0 Å². The number of nitrogens with one attached hydrogen (secondary N) is 2. The lowest BCUT2D eigenvalue weighted by atomic mass is 10.1. The Labute approximate surface area is 134 Å². The quantitative estimate of drug-likeness (QED) is 0.497. The lowest BCUT2D eigenvalue weighted by molar-refractivity contribution is 0.0695. The van der Waals surface area contributed by atoms with Crippen molar-refractivity contribution in [2.24, 2.45) is 5.73 Å². The van der Waals surface area contributed by atoms with E-state index in [0.717, 1.165) is 37.7 Å². The van der Waals surface area contributed by atoms with Crippen molar-refractivity contribution in [1.29, 1.82) is 0 Å². The minimum atomic E-state index is -1.12. The number of piperazine rings is 1. The second kappa shape index (κ2) is 11.6. The topological polar surface area (TPSA) is 125 Å². The number of nitrogens with two attached hydrogens (primary N) is 1. The smallest absolute Gasteiger partial charge is 0.335 e. The molecule has 1 aliphatic rings. The van der Waals surface area contributed by atoms with Crippen LogP contribution in [0.15, 0.2) is 18.2 Å². The Hall–Kier alpha value is -2.03. The Morgan fingerprint density at radius 2 is 1.59 bits per heavy atom. The standard InChI is InChI=1S/C9H8O4.C4H10N2.CH3NS/c1-5-2-3-6(8(10)11)4-7(5)9(12)13;1-2-6-4-3-5-1;2-1-3/h2-4H,1H3,(H,10,11)(H,12,13);5-6H,1-4H2;1H,(H2,2,3). The third kappa shape index (κ3) is 8.30. The highest BCUT2D eigenvalue weighted by molar-refractivity contribution is 7.78. The fourth-order valence-electron chi connectivity index (χ4n) is 1.59. The van der Waals surface area contributed by atoms with E-state index in [1.54, 1.807) is 6.92 Å². The fraction of sp³-hybridized carbons (Fsp3) is 0.357. The van der Waals surface area contributed by atoms with Crippen LogP contribution in [0, 0.1) is 6.92 Å². The van der Waals surface area contributed by atoms with Gasteiger partial charge in [-0.05, 0) is 24.6 Å². The van der Waals surface area contributed by atoms with Gasteiger partial charge in [-0.3, -0.25) is 0 Å². The SMILES string of the molecule is C1CNCCN1.Cc1ccc(C(=O)O)cc1C(=O)O.NC=S. The molecule has 0 aliphatic carbocycles. The van der Waals surface area contributed by atoms with Crippen LogP contribution in [0.5, 0.6) is 0 Å². The second-order valence-corrected chi connectivity index (χ2v) is 4.55. The van der Waals surface area contributed by atoms with Crippen molar-refractivity contribution in [2.45, 2.75) is 6.92 Å². The van der Waals surface area contributed by atoms with Crippen molar-refractivity contribution in [3.8, 4) is 0 Å². The second-order valence-electron chi connectivity index (χ2n) is 4.28. The summed E-state index contributed by atoms with van der Waals surface area (Å²) in [5.74, 6) is -2.23. The molecule has 7 nitrogen and oxygen atoms in total.